The molecule has 2 aliphatic rings. The van der Waals surface area contributed by atoms with Gasteiger partial charge in [-0.05, 0) is 6.08 Å². The summed E-state index contributed by atoms with van der Waals surface area (Å²) in [7, 11) is 4.10. The van der Waals surface area contributed by atoms with Gasteiger partial charge >= 0.3 is 0 Å². The number of allylic oxidation sites excluding steroid dienone is 3. The molecule has 0 bridgehead atoms. The fourth-order valence-corrected chi connectivity index (χ4v) is 1.88. The number of fused-ring (bicyclic) bond motifs is 1. The van der Waals surface area contributed by atoms with Crippen LogP contribution in [0.4, 0.5) is 0 Å². The average Bonchev–Trinajstić information content (AvgIpc) is 2.31. The molecule has 0 aromatic rings. The molecule has 2 rings (SSSR count). The summed E-state index contributed by atoms with van der Waals surface area (Å²) in [6, 6.07) is 0. The van der Waals surface area contributed by atoms with Crippen molar-refractivity contribution in [2.45, 2.75) is 6.42 Å². The Morgan fingerprint density at radius 2 is 1.77 bits per heavy atom. The summed E-state index contributed by atoms with van der Waals surface area (Å²) in [6.45, 7) is 0.970. The summed E-state index contributed by atoms with van der Waals surface area (Å²) >= 11 is 0. The Kier molecular flexibility index (Phi) is 1.54. The molecule has 0 saturated carbocycles. The van der Waals surface area contributed by atoms with Crippen molar-refractivity contribution in [2.75, 3.05) is 20.6 Å². The first-order valence-electron chi connectivity index (χ1n) is 4.35. The largest absolute Gasteiger partial charge is 0.295 e. The first-order chi connectivity index (χ1) is 6.00. The van der Waals surface area contributed by atoms with Gasteiger partial charge < -0.3 is 0 Å². The lowest BCUT2D eigenvalue weighted by Gasteiger charge is -2.24. The van der Waals surface area contributed by atoms with E-state index in [1.54, 1.807) is 0 Å². The van der Waals surface area contributed by atoms with E-state index < -0.39 is 0 Å². The van der Waals surface area contributed by atoms with Gasteiger partial charge in [-0.1, -0.05) is 0 Å². The lowest BCUT2D eigenvalue weighted by molar-refractivity contribution is -0.841. The van der Waals surface area contributed by atoms with Gasteiger partial charge in [0.15, 0.2) is 0 Å². The molecule has 13 heavy (non-hydrogen) atoms. The van der Waals surface area contributed by atoms with Crippen LogP contribution >= 0.6 is 0 Å². The minimum atomic E-state index is -0.383. The van der Waals surface area contributed by atoms with Gasteiger partial charge in [0.25, 0.3) is 0 Å². The lowest BCUT2D eigenvalue weighted by Crippen LogP contribution is -2.35. The van der Waals surface area contributed by atoms with E-state index in [1.807, 2.05) is 0 Å². The minimum Gasteiger partial charge on any atom is -0.295 e. The van der Waals surface area contributed by atoms with Crippen LogP contribution in [0.1, 0.15) is 6.42 Å². The molecule has 0 N–H and O–H groups in total. The van der Waals surface area contributed by atoms with Gasteiger partial charge in [0.05, 0.1) is 26.7 Å². The fourth-order valence-electron chi connectivity index (χ4n) is 1.88. The average molecular weight is 178 g/mol. The Morgan fingerprint density at radius 3 is 2.46 bits per heavy atom. The third-order valence-corrected chi connectivity index (χ3v) is 2.74. The van der Waals surface area contributed by atoms with Crippen LogP contribution in [0.5, 0.6) is 0 Å². The van der Waals surface area contributed by atoms with E-state index in [9.17, 15) is 9.59 Å². The number of rotatable bonds is 0. The minimum absolute atomic E-state index is 0.374. The van der Waals surface area contributed by atoms with Gasteiger partial charge in [-0.15, -0.1) is 0 Å². The molecule has 0 unspecified atom stereocenters. The van der Waals surface area contributed by atoms with Crippen LogP contribution in [0.25, 0.3) is 0 Å². The molecule has 1 fully saturated rings. The Labute approximate surface area is 76.9 Å². The Morgan fingerprint density at radius 1 is 1.15 bits per heavy atom. The van der Waals surface area contributed by atoms with Gasteiger partial charge in [-0.2, -0.15) is 0 Å². The highest BCUT2D eigenvalue weighted by atomic mass is 16.2. The number of hydrogen-bond acceptors (Lipinski definition) is 2. The highest BCUT2D eigenvalue weighted by Crippen LogP contribution is 2.33. The van der Waals surface area contributed by atoms with Crippen LogP contribution in [-0.2, 0) is 9.59 Å². The molecule has 1 aliphatic heterocycles. The molecule has 0 spiro atoms. The number of ketones is 2. The van der Waals surface area contributed by atoms with E-state index in [4.69, 9.17) is 0 Å². The molecule has 3 nitrogen and oxygen atoms in total. The molecule has 1 saturated heterocycles. The molecule has 68 valence electrons. The molecule has 1 aliphatic carbocycles. The van der Waals surface area contributed by atoms with E-state index in [0.29, 0.717) is 4.48 Å². The summed E-state index contributed by atoms with van der Waals surface area (Å²) in [5, 5.41) is 0. The van der Waals surface area contributed by atoms with Crippen molar-refractivity contribution in [3.8, 4) is 0 Å². The maximum absolute atomic E-state index is 11.1. The van der Waals surface area contributed by atoms with Crippen molar-refractivity contribution in [3.63, 3.8) is 0 Å². The topological polar surface area (TPSA) is 34.1 Å². The quantitative estimate of drug-likeness (QED) is 0.306. The molecule has 0 aromatic carbocycles. The summed E-state index contributed by atoms with van der Waals surface area (Å²) in [4.78, 5) is 22.2. The van der Waals surface area contributed by atoms with Gasteiger partial charge in [-0.25, -0.2) is 0 Å². The zero-order valence-electron chi connectivity index (χ0n) is 7.83. The molecule has 1 heterocycles. The van der Waals surface area contributed by atoms with Crippen molar-refractivity contribution in [1.29, 1.82) is 0 Å². The van der Waals surface area contributed by atoms with Crippen LogP contribution < -0.4 is 0 Å². The van der Waals surface area contributed by atoms with Crippen LogP contribution in [0.2, 0.25) is 0 Å². The van der Waals surface area contributed by atoms with E-state index in [-0.39, 0.29) is 11.6 Å². The highest BCUT2D eigenvalue weighted by Gasteiger charge is 2.37. The number of carbonyl (C=O) groups is 2. The monoisotopic (exact) mass is 178 g/mol. The maximum Gasteiger partial charge on any atom is 0.231 e. The van der Waals surface area contributed by atoms with E-state index in [1.165, 1.54) is 12.2 Å². The zero-order valence-corrected chi connectivity index (χ0v) is 7.83. The summed E-state index contributed by atoms with van der Waals surface area (Å²) in [5.41, 5.74) is 2.04. The van der Waals surface area contributed by atoms with Crippen LogP contribution in [0, 0.1) is 0 Å². The van der Waals surface area contributed by atoms with Gasteiger partial charge in [0.1, 0.15) is 5.70 Å². The van der Waals surface area contributed by atoms with E-state index in [0.717, 1.165) is 24.2 Å². The van der Waals surface area contributed by atoms with E-state index in [2.05, 4.69) is 14.1 Å². The van der Waals surface area contributed by atoms with Crippen molar-refractivity contribution in [1.82, 2.24) is 0 Å². The van der Waals surface area contributed by atoms with Gasteiger partial charge in [0, 0.05) is 12.0 Å². The SMILES string of the molecule is C[N+]1(C)CCC2=CC(=O)C(=O)C=C21. The number of quaternary nitrogens is 1. The van der Waals surface area contributed by atoms with Crippen molar-refractivity contribution in [3.05, 3.63) is 23.4 Å². The summed E-state index contributed by atoms with van der Waals surface area (Å²) < 4.78 is 0.713. The first kappa shape index (κ1) is 8.38. The third-order valence-electron chi connectivity index (χ3n) is 2.74. The number of likely N-dealkylation sites (N-methyl/N-ethyl adjacent to an activating group) is 1. The second-order valence-electron chi connectivity index (χ2n) is 4.09. The van der Waals surface area contributed by atoms with Gasteiger partial charge in [-0.3, -0.25) is 14.1 Å². The van der Waals surface area contributed by atoms with Crippen molar-refractivity contribution < 1.29 is 14.1 Å². The Hall–Kier alpha value is -1.22. The number of likely N-dealkylation sites (tertiary alicyclic amines) is 1. The van der Waals surface area contributed by atoms with Crippen LogP contribution in [0.3, 0.4) is 0 Å². The predicted molar refractivity (Wildman–Crippen MR) is 47.8 cm³/mol. The molecular weight excluding hydrogens is 166 g/mol. The van der Waals surface area contributed by atoms with Crippen LogP contribution in [-0.4, -0.2) is 36.7 Å². The maximum atomic E-state index is 11.1. The summed E-state index contributed by atoms with van der Waals surface area (Å²) in [5.74, 6) is -0.757. The highest BCUT2D eigenvalue weighted by molar-refractivity contribution is 6.46. The van der Waals surface area contributed by atoms with Crippen molar-refractivity contribution >= 4 is 11.6 Å². The molecular formula is C10H12NO2+. The molecule has 0 amide bonds. The first-order valence-corrected chi connectivity index (χ1v) is 4.35. The number of nitrogens with zero attached hydrogens (tertiary/aromatic N) is 1. The molecule has 3 heteroatoms. The predicted octanol–water partition coefficient (Wildman–Crippen LogP) is 0.429. The third kappa shape index (κ3) is 1.16. The van der Waals surface area contributed by atoms with Crippen LogP contribution in [0.15, 0.2) is 23.4 Å². The number of carbonyl (C=O) groups excluding carboxylic acids is 2. The molecule has 0 atom stereocenters. The standard InChI is InChI=1S/C10H12NO2/c1-11(2)4-3-7-5-9(12)10(13)6-8(7)11/h5-6H,3-4H2,1-2H3/q+1. The smallest absolute Gasteiger partial charge is 0.231 e. The van der Waals surface area contributed by atoms with E-state index >= 15 is 0 Å². The summed E-state index contributed by atoms with van der Waals surface area (Å²) in [6.07, 6.45) is 3.88. The fraction of sp³-hybridized carbons (Fsp3) is 0.400. The van der Waals surface area contributed by atoms with Crippen molar-refractivity contribution in [2.24, 2.45) is 0 Å². The Bertz CT molecular complexity index is 361. The van der Waals surface area contributed by atoms with Gasteiger partial charge in [0.2, 0.25) is 11.6 Å². The molecule has 0 aromatic heterocycles. The Balaban J connectivity index is 2.50. The number of hydrogen-bond donors (Lipinski definition) is 0. The molecule has 0 radical (unpaired) electrons. The second-order valence-corrected chi connectivity index (χ2v) is 4.09. The zero-order chi connectivity index (χ0) is 9.64. The normalized spacial score (nSPS) is 25.4. The lowest BCUT2D eigenvalue weighted by atomic mass is 10.0. The second kappa shape index (κ2) is 2.39.